The van der Waals surface area contributed by atoms with Gasteiger partial charge in [0, 0.05) is 38.8 Å². The number of rotatable bonds is 3. The Morgan fingerprint density at radius 1 is 1.10 bits per heavy atom. The fourth-order valence-corrected chi connectivity index (χ4v) is 3.22. The summed E-state index contributed by atoms with van der Waals surface area (Å²) in [5.74, 6) is 2.41. The van der Waals surface area contributed by atoms with Crippen LogP contribution in [0.2, 0.25) is 0 Å². The van der Waals surface area contributed by atoms with Gasteiger partial charge in [0.1, 0.15) is 17.5 Å². The number of anilines is 2. The van der Waals surface area contributed by atoms with E-state index >= 15 is 0 Å². The van der Waals surface area contributed by atoms with Crippen molar-refractivity contribution >= 4 is 21.7 Å². The summed E-state index contributed by atoms with van der Waals surface area (Å²) < 4.78 is 24.6. The molecule has 0 atom stereocenters. The fourth-order valence-electron chi connectivity index (χ4n) is 2.40. The number of piperazine rings is 1. The smallest absolute Gasteiger partial charge is 0.211 e. The molecule has 0 unspecified atom stereocenters. The lowest BCUT2D eigenvalue weighted by molar-refractivity contribution is 0.386. The second kappa shape index (κ2) is 5.53. The van der Waals surface area contributed by atoms with Crippen molar-refractivity contribution in [2.24, 2.45) is 0 Å². The van der Waals surface area contributed by atoms with Crippen LogP contribution in [0.5, 0.6) is 0 Å². The molecule has 1 aromatic heterocycles. The molecule has 0 aromatic carbocycles. The Morgan fingerprint density at radius 3 is 2.20 bits per heavy atom. The van der Waals surface area contributed by atoms with Crippen LogP contribution in [0.25, 0.3) is 0 Å². The third-order valence-corrected chi connectivity index (χ3v) is 4.78. The monoisotopic (exact) mass is 299 g/mol. The molecule has 0 amide bonds. The zero-order valence-electron chi connectivity index (χ0n) is 12.3. The van der Waals surface area contributed by atoms with E-state index < -0.39 is 10.0 Å². The van der Waals surface area contributed by atoms with Crippen molar-refractivity contribution < 1.29 is 8.42 Å². The first kappa shape index (κ1) is 15.0. The summed E-state index contributed by atoms with van der Waals surface area (Å²) >= 11 is 0. The maximum atomic E-state index is 11.5. The number of nitrogens with one attached hydrogen (secondary N) is 1. The molecule has 1 fully saturated rings. The highest BCUT2D eigenvalue weighted by Crippen LogP contribution is 2.24. The highest BCUT2D eigenvalue weighted by Gasteiger charge is 2.25. The van der Waals surface area contributed by atoms with Gasteiger partial charge in [0.2, 0.25) is 10.0 Å². The second-order valence-corrected chi connectivity index (χ2v) is 6.95. The molecule has 1 N–H and O–H groups in total. The Morgan fingerprint density at radius 2 is 1.70 bits per heavy atom. The molecule has 0 saturated carbocycles. The van der Waals surface area contributed by atoms with E-state index in [4.69, 9.17) is 0 Å². The molecule has 1 aliphatic rings. The van der Waals surface area contributed by atoms with Crippen molar-refractivity contribution in [3.8, 4) is 0 Å². The maximum absolute atomic E-state index is 11.5. The third kappa shape index (κ3) is 3.01. The Hall–Kier alpha value is -1.41. The lowest BCUT2D eigenvalue weighted by Gasteiger charge is -2.34. The number of aromatic nitrogens is 2. The first-order valence-electron chi connectivity index (χ1n) is 6.56. The summed E-state index contributed by atoms with van der Waals surface area (Å²) in [6, 6.07) is 0. The molecule has 20 heavy (non-hydrogen) atoms. The minimum Gasteiger partial charge on any atom is -0.373 e. The van der Waals surface area contributed by atoms with Crippen LogP contribution in [0.4, 0.5) is 11.6 Å². The van der Waals surface area contributed by atoms with E-state index in [2.05, 4.69) is 20.2 Å². The summed E-state index contributed by atoms with van der Waals surface area (Å²) in [5, 5.41) is 3.06. The van der Waals surface area contributed by atoms with Crippen LogP contribution >= 0.6 is 0 Å². The zero-order chi connectivity index (χ0) is 14.9. The van der Waals surface area contributed by atoms with Crippen molar-refractivity contribution in [3.05, 3.63) is 11.4 Å². The average Bonchev–Trinajstić information content (AvgIpc) is 2.40. The second-order valence-electron chi connectivity index (χ2n) is 4.97. The van der Waals surface area contributed by atoms with Gasteiger partial charge < -0.3 is 10.2 Å². The SMILES string of the molecule is CNc1nc(C)nc(N2CCN(S(C)(=O)=O)CC2)c1C. The molecule has 0 aliphatic carbocycles. The Balaban J connectivity index is 2.21. The van der Waals surface area contributed by atoms with Gasteiger partial charge in [-0.1, -0.05) is 0 Å². The van der Waals surface area contributed by atoms with E-state index in [1.54, 1.807) is 0 Å². The molecule has 112 valence electrons. The number of sulfonamides is 1. The van der Waals surface area contributed by atoms with E-state index in [9.17, 15) is 8.42 Å². The Kier molecular flexibility index (Phi) is 4.14. The standard InChI is InChI=1S/C12H21N5O2S/c1-9-11(13-3)14-10(2)15-12(9)16-5-7-17(8-6-16)20(4,18)19/h5-8H2,1-4H3,(H,13,14,15). The fraction of sp³-hybridized carbons (Fsp3) is 0.667. The topological polar surface area (TPSA) is 78.4 Å². The van der Waals surface area contributed by atoms with Gasteiger partial charge in [-0.2, -0.15) is 4.31 Å². The van der Waals surface area contributed by atoms with Crippen LogP contribution < -0.4 is 10.2 Å². The van der Waals surface area contributed by atoms with Gasteiger partial charge in [0.15, 0.2) is 0 Å². The minimum absolute atomic E-state index is 0.496. The summed E-state index contributed by atoms with van der Waals surface area (Å²) in [4.78, 5) is 11.0. The number of aryl methyl sites for hydroxylation is 1. The molecule has 2 rings (SSSR count). The lowest BCUT2D eigenvalue weighted by atomic mass is 10.2. The molecule has 8 heteroatoms. The summed E-state index contributed by atoms with van der Waals surface area (Å²) in [6.07, 6.45) is 1.25. The molecular formula is C12H21N5O2S. The molecule has 1 aliphatic heterocycles. The lowest BCUT2D eigenvalue weighted by Crippen LogP contribution is -2.48. The summed E-state index contributed by atoms with van der Waals surface area (Å²) in [7, 11) is -1.27. The van der Waals surface area contributed by atoms with E-state index in [1.807, 2.05) is 20.9 Å². The predicted molar refractivity (Wildman–Crippen MR) is 79.7 cm³/mol. The van der Waals surface area contributed by atoms with Crippen molar-refractivity contribution in [1.29, 1.82) is 0 Å². The maximum Gasteiger partial charge on any atom is 0.211 e. The van der Waals surface area contributed by atoms with Crippen molar-refractivity contribution in [2.75, 3.05) is 49.7 Å². The molecule has 0 radical (unpaired) electrons. The highest BCUT2D eigenvalue weighted by molar-refractivity contribution is 7.88. The van der Waals surface area contributed by atoms with Gasteiger partial charge in [-0.3, -0.25) is 0 Å². The Labute approximate surface area is 120 Å². The van der Waals surface area contributed by atoms with Gasteiger partial charge in [-0.25, -0.2) is 18.4 Å². The van der Waals surface area contributed by atoms with Crippen LogP contribution in [0.3, 0.4) is 0 Å². The first-order valence-corrected chi connectivity index (χ1v) is 8.41. The van der Waals surface area contributed by atoms with Crippen LogP contribution in [0.15, 0.2) is 0 Å². The molecular weight excluding hydrogens is 278 g/mol. The van der Waals surface area contributed by atoms with Gasteiger partial charge in [-0.05, 0) is 13.8 Å². The van der Waals surface area contributed by atoms with E-state index in [0.717, 1.165) is 17.2 Å². The molecule has 1 aromatic rings. The average molecular weight is 299 g/mol. The molecule has 0 bridgehead atoms. The van der Waals surface area contributed by atoms with E-state index in [0.29, 0.717) is 32.0 Å². The van der Waals surface area contributed by atoms with Crippen LogP contribution in [0, 0.1) is 13.8 Å². The predicted octanol–water partition coefficient (Wildman–Crippen LogP) is 0.217. The normalized spacial score (nSPS) is 17.3. The van der Waals surface area contributed by atoms with Gasteiger partial charge in [-0.15, -0.1) is 0 Å². The largest absolute Gasteiger partial charge is 0.373 e. The van der Waals surface area contributed by atoms with Crippen molar-refractivity contribution in [3.63, 3.8) is 0 Å². The molecule has 1 saturated heterocycles. The van der Waals surface area contributed by atoms with Gasteiger partial charge in [0.05, 0.1) is 6.26 Å². The molecule has 0 spiro atoms. The van der Waals surface area contributed by atoms with Gasteiger partial charge >= 0.3 is 0 Å². The Bertz CT molecular complexity index is 594. The number of hydrogen-bond acceptors (Lipinski definition) is 6. The molecule has 2 heterocycles. The summed E-state index contributed by atoms with van der Waals surface area (Å²) in [6.45, 7) is 6.12. The van der Waals surface area contributed by atoms with Crippen LogP contribution in [0.1, 0.15) is 11.4 Å². The summed E-state index contributed by atoms with van der Waals surface area (Å²) in [5.41, 5.74) is 0.992. The third-order valence-electron chi connectivity index (χ3n) is 3.48. The van der Waals surface area contributed by atoms with Crippen LogP contribution in [-0.2, 0) is 10.0 Å². The zero-order valence-corrected chi connectivity index (χ0v) is 13.2. The number of hydrogen-bond donors (Lipinski definition) is 1. The number of nitrogens with zero attached hydrogens (tertiary/aromatic N) is 4. The minimum atomic E-state index is -3.10. The van der Waals surface area contributed by atoms with Gasteiger partial charge in [0.25, 0.3) is 0 Å². The van der Waals surface area contributed by atoms with Crippen molar-refractivity contribution in [1.82, 2.24) is 14.3 Å². The molecule has 7 nitrogen and oxygen atoms in total. The van der Waals surface area contributed by atoms with E-state index in [-0.39, 0.29) is 0 Å². The van der Waals surface area contributed by atoms with Crippen molar-refractivity contribution in [2.45, 2.75) is 13.8 Å². The quantitative estimate of drug-likeness (QED) is 0.860. The highest BCUT2D eigenvalue weighted by atomic mass is 32.2. The first-order chi connectivity index (χ1) is 9.32. The van der Waals surface area contributed by atoms with E-state index in [1.165, 1.54) is 10.6 Å². The van der Waals surface area contributed by atoms with Crippen LogP contribution in [-0.4, -0.2) is 62.2 Å².